The Morgan fingerprint density at radius 3 is 2.46 bits per heavy atom. The molecule has 2 aliphatic rings. The summed E-state index contributed by atoms with van der Waals surface area (Å²) in [6.07, 6.45) is 2.04. The number of nitrogens with one attached hydrogen (secondary N) is 2. The fourth-order valence-corrected chi connectivity index (χ4v) is 6.54. The summed E-state index contributed by atoms with van der Waals surface area (Å²) in [7, 11) is 1.30. The molecule has 0 bridgehead atoms. The molecule has 0 unspecified atom stereocenters. The summed E-state index contributed by atoms with van der Waals surface area (Å²) in [5.74, 6) is -5.34. The van der Waals surface area contributed by atoms with Crippen molar-refractivity contribution < 1.29 is 41.8 Å². The normalized spacial score (nSPS) is 19.2. The second-order valence-corrected chi connectivity index (χ2v) is 13.5. The van der Waals surface area contributed by atoms with Gasteiger partial charge in [-0.1, -0.05) is 30.3 Å². The minimum atomic E-state index is -3.22. The van der Waals surface area contributed by atoms with Gasteiger partial charge in [-0.15, -0.1) is 0 Å². The van der Waals surface area contributed by atoms with E-state index in [-0.39, 0.29) is 41.8 Å². The second kappa shape index (κ2) is 12.9. The summed E-state index contributed by atoms with van der Waals surface area (Å²) in [5.41, 5.74) is -1.77. The Balaban J connectivity index is 1.16. The zero-order chi connectivity index (χ0) is 36.0. The number of alkyl halides is 3. The minimum absolute atomic E-state index is 0.0505. The van der Waals surface area contributed by atoms with E-state index in [4.69, 9.17) is 9.47 Å². The van der Waals surface area contributed by atoms with Crippen molar-refractivity contribution in [3.05, 3.63) is 89.4 Å². The molecule has 2 aromatic carbocycles. The molecule has 262 valence electrons. The zero-order valence-electron chi connectivity index (χ0n) is 27.9. The van der Waals surface area contributed by atoms with Crippen LogP contribution in [0.4, 0.5) is 18.0 Å². The maximum atomic E-state index is 15.8. The van der Waals surface area contributed by atoms with Crippen LogP contribution in [0, 0.1) is 0 Å². The van der Waals surface area contributed by atoms with Gasteiger partial charge in [0.15, 0.2) is 5.67 Å². The second-order valence-electron chi connectivity index (χ2n) is 13.5. The van der Waals surface area contributed by atoms with Crippen LogP contribution in [0.15, 0.2) is 67.0 Å². The smallest absolute Gasteiger partial charge is 0.419 e. The third kappa shape index (κ3) is 6.54. The number of aromatic nitrogens is 2. The minimum Gasteiger partial charge on any atom is -0.443 e. The van der Waals surface area contributed by atoms with Crippen molar-refractivity contribution in [1.29, 1.82) is 0 Å². The van der Waals surface area contributed by atoms with Gasteiger partial charge >= 0.3 is 6.09 Å². The Hall–Kier alpha value is -5.24. The van der Waals surface area contributed by atoms with Crippen LogP contribution in [0.2, 0.25) is 0 Å². The molecule has 1 fully saturated rings. The molecule has 1 aliphatic heterocycles. The summed E-state index contributed by atoms with van der Waals surface area (Å²) >= 11 is 0. The number of hydrogen-bond acceptors (Lipinski definition) is 7. The fraction of sp³-hybridized carbons (Fsp3) is 0.361. The van der Waals surface area contributed by atoms with Crippen LogP contribution in [-0.4, -0.2) is 82.4 Å². The van der Waals surface area contributed by atoms with Gasteiger partial charge in [0.25, 0.3) is 11.8 Å². The van der Waals surface area contributed by atoms with Gasteiger partial charge in [0.2, 0.25) is 11.8 Å². The van der Waals surface area contributed by atoms with Crippen LogP contribution >= 0.6 is 0 Å². The van der Waals surface area contributed by atoms with E-state index < -0.39 is 60.1 Å². The van der Waals surface area contributed by atoms with Crippen LogP contribution in [0.25, 0.3) is 22.0 Å². The number of ether oxygens (including phenoxy) is 2. The predicted molar refractivity (Wildman–Crippen MR) is 176 cm³/mol. The summed E-state index contributed by atoms with van der Waals surface area (Å²) in [5, 5.41) is 5.82. The van der Waals surface area contributed by atoms with Gasteiger partial charge in [-0.25, -0.2) is 13.8 Å². The Morgan fingerprint density at radius 2 is 1.72 bits per heavy atom. The number of hydrogen-bond donors (Lipinski definition) is 2. The number of amides is 3. The van der Waals surface area contributed by atoms with Crippen molar-refractivity contribution in [2.75, 3.05) is 26.8 Å². The molecule has 0 saturated carbocycles. The van der Waals surface area contributed by atoms with Gasteiger partial charge in [0.05, 0.1) is 31.8 Å². The van der Waals surface area contributed by atoms with Gasteiger partial charge in [-0.3, -0.25) is 19.4 Å². The van der Waals surface area contributed by atoms with E-state index in [0.29, 0.717) is 22.2 Å². The number of carbonyl (C=O) groups is 4. The molecule has 4 aromatic rings. The topological polar surface area (TPSA) is 132 Å². The first-order valence-electron chi connectivity index (χ1n) is 15.9. The molecular formula is C36H36F3N5O6. The van der Waals surface area contributed by atoms with E-state index >= 15 is 4.39 Å². The van der Waals surface area contributed by atoms with Gasteiger partial charge in [-0.2, -0.15) is 8.78 Å². The third-order valence-corrected chi connectivity index (χ3v) is 8.69. The SMILES string of the molecule is COC[C@@]1(F)C[C@@H](C(=O)NCc2cc3cnccc3n2C(=O)OC(C)(C)C)N(C(=O)CNC(=O)c2ccc3c(c2)-c2ccccc2C3(F)F)C1. The number of methoxy groups -OCH3 is 1. The summed E-state index contributed by atoms with van der Waals surface area (Å²) < 4.78 is 57.7. The lowest BCUT2D eigenvalue weighted by Crippen LogP contribution is -2.49. The highest BCUT2D eigenvalue weighted by molar-refractivity contribution is 5.99. The third-order valence-electron chi connectivity index (χ3n) is 8.69. The number of likely N-dealkylation sites (tertiary alicyclic amines) is 1. The average molecular weight is 692 g/mol. The molecule has 6 rings (SSSR count). The van der Waals surface area contributed by atoms with Crippen LogP contribution in [-0.2, 0) is 31.5 Å². The van der Waals surface area contributed by atoms with Crippen molar-refractivity contribution in [3.8, 4) is 11.1 Å². The highest BCUT2D eigenvalue weighted by Gasteiger charge is 2.49. The van der Waals surface area contributed by atoms with Crippen LogP contribution in [0.3, 0.4) is 0 Å². The number of halogens is 3. The van der Waals surface area contributed by atoms with Gasteiger partial charge in [0, 0.05) is 53.7 Å². The fourth-order valence-electron chi connectivity index (χ4n) is 6.54. The molecular weight excluding hydrogens is 655 g/mol. The molecule has 1 aliphatic carbocycles. The number of fused-ring (bicyclic) bond motifs is 4. The van der Waals surface area contributed by atoms with Crippen molar-refractivity contribution in [1.82, 2.24) is 25.1 Å². The molecule has 14 heteroatoms. The first kappa shape index (κ1) is 34.6. The van der Waals surface area contributed by atoms with Crippen LogP contribution in [0.1, 0.15) is 54.4 Å². The highest BCUT2D eigenvalue weighted by atomic mass is 19.3. The van der Waals surface area contributed by atoms with Crippen LogP contribution in [0.5, 0.6) is 0 Å². The van der Waals surface area contributed by atoms with Crippen molar-refractivity contribution in [3.63, 3.8) is 0 Å². The summed E-state index contributed by atoms with van der Waals surface area (Å²) in [6, 6.07) is 11.9. The van der Waals surface area contributed by atoms with Gasteiger partial charge in [0.1, 0.15) is 11.6 Å². The van der Waals surface area contributed by atoms with E-state index in [1.165, 1.54) is 48.2 Å². The summed E-state index contributed by atoms with van der Waals surface area (Å²) in [6.45, 7) is 3.58. The van der Waals surface area contributed by atoms with E-state index in [9.17, 15) is 28.0 Å². The Labute approximate surface area is 285 Å². The molecule has 0 radical (unpaired) electrons. The van der Waals surface area contributed by atoms with E-state index in [0.717, 1.165) is 4.90 Å². The Morgan fingerprint density at radius 1 is 0.980 bits per heavy atom. The van der Waals surface area contributed by atoms with E-state index in [1.807, 2.05) is 0 Å². The highest BCUT2D eigenvalue weighted by Crippen LogP contribution is 2.51. The lowest BCUT2D eigenvalue weighted by atomic mass is 10.0. The average Bonchev–Trinajstić information content (AvgIpc) is 3.69. The van der Waals surface area contributed by atoms with Gasteiger partial charge < -0.3 is 25.0 Å². The molecule has 2 atom stereocenters. The largest absolute Gasteiger partial charge is 0.443 e. The Kier molecular flexibility index (Phi) is 8.93. The van der Waals surface area contributed by atoms with E-state index in [1.54, 1.807) is 51.2 Å². The molecule has 1 saturated heterocycles. The number of rotatable bonds is 8. The molecule has 3 amide bonds. The standard InChI is InChI=1S/C36H36F3N5O6/c1-34(2,3)50-33(48)44-23(13-22-16-40-12-11-28(22)44)17-41-32(47)29-15-35(37,20-49-4)19-43(29)30(45)18-42-31(46)21-9-10-27-25(14-21)24-7-5-6-8-26(24)36(27,38)39/h5-14,16,29H,15,17-20H2,1-4H3,(H,41,47)(H,42,46)/t29-,35+/m0/s1. The molecule has 2 N–H and O–H groups in total. The number of pyridine rings is 1. The molecule has 50 heavy (non-hydrogen) atoms. The number of benzene rings is 2. The van der Waals surface area contributed by atoms with Gasteiger partial charge in [-0.05, 0) is 56.2 Å². The zero-order valence-corrected chi connectivity index (χ0v) is 27.9. The Bertz CT molecular complexity index is 2010. The molecule has 11 nitrogen and oxygen atoms in total. The number of nitrogens with zero attached hydrogens (tertiary/aromatic N) is 3. The first-order valence-corrected chi connectivity index (χ1v) is 15.9. The predicted octanol–water partition coefficient (Wildman–Crippen LogP) is 4.94. The maximum absolute atomic E-state index is 15.8. The van der Waals surface area contributed by atoms with Crippen molar-refractivity contribution in [2.24, 2.45) is 0 Å². The maximum Gasteiger partial charge on any atom is 0.419 e. The molecule has 2 aromatic heterocycles. The van der Waals surface area contributed by atoms with E-state index in [2.05, 4.69) is 15.6 Å². The summed E-state index contributed by atoms with van der Waals surface area (Å²) in [4.78, 5) is 58.4. The molecule has 0 spiro atoms. The first-order chi connectivity index (χ1) is 23.6. The van der Waals surface area contributed by atoms with Crippen molar-refractivity contribution in [2.45, 2.75) is 57.0 Å². The van der Waals surface area contributed by atoms with Crippen molar-refractivity contribution >= 4 is 34.7 Å². The monoisotopic (exact) mass is 691 g/mol. The number of carbonyl (C=O) groups excluding carboxylic acids is 4. The lowest BCUT2D eigenvalue weighted by Gasteiger charge is -2.24. The quantitative estimate of drug-likeness (QED) is 0.268. The molecule has 3 heterocycles. The lowest BCUT2D eigenvalue weighted by molar-refractivity contribution is -0.137. The van der Waals surface area contributed by atoms with Crippen LogP contribution < -0.4 is 10.6 Å².